The van der Waals surface area contributed by atoms with Crippen LogP contribution in [0.15, 0.2) is 58.5 Å². The molecule has 2 N–H and O–H groups in total. The smallest absolute Gasteiger partial charge is 0.269 e. The molecule has 1 heterocycles. The monoisotopic (exact) mass is 386 g/mol. The SMILES string of the molecule is Cn1c(SCC(=O)NNC(=O)c2ccc(F)cc2)nc2ccccc2c1=O. The first-order valence-electron chi connectivity index (χ1n) is 7.89. The lowest BCUT2D eigenvalue weighted by atomic mass is 10.2. The van der Waals surface area contributed by atoms with Crippen molar-refractivity contribution in [3.8, 4) is 0 Å². The largest absolute Gasteiger partial charge is 0.290 e. The molecule has 0 unspecified atom stereocenters. The van der Waals surface area contributed by atoms with Gasteiger partial charge in [-0.05, 0) is 36.4 Å². The van der Waals surface area contributed by atoms with E-state index < -0.39 is 17.6 Å². The summed E-state index contributed by atoms with van der Waals surface area (Å²) in [5.74, 6) is -1.55. The number of amides is 2. The van der Waals surface area contributed by atoms with Crippen LogP contribution in [0.3, 0.4) is 0 Å². The van der Waals surface area contributed by atoms with E-state index in [0.717, 1.165) is 23.9 Å². The number of benzene rings is 2. The molecule has 0 atom stereocenters. The van der Waals surface area contributed by atoms with Gasteiger partial charge in [0.05, 0.1) is 16.7 Å². The lowest BCUT2D eigenvalue weighted by Gasteiger charge is -2.09. The van der Waals surface area contributed by atoms with Crippen LogP contribution in [0.1, 0.15) is 10.4 Å². The molecule has 0 saturated heterocycles. The Morgan fingerprint density at radius 1 is 1.11 bits per heavy atom. The van der Waals surface area contributed by atoms with E-state index in [-0.39, 0.29) is 16.9 Å². The molecule has 0 fully saturated rings. The molecule has 0 aliphatic heterocycles. The second-order valence-electron chi connectivity index (χ2n) is 5.57. The van der Waals surface area contributed by atoms with Gasteiger partial charge in [-0.2, -0.15) is 0 Å². The molecule has 0 bridgehead atoms. The highest BCUT2D eigenvalue weighted by Gasteiger charge is 2.12. The summed E-state index contributed by atoms with van der Waals surface area (Å²) in [6.45, 7) is 0. The van der Waals surface area contributed by atoms with Crippen molar-refractivity contribution in [3.05, 3.63) is 70.3 Å². The maximum atomic E-state index is 12.8. The first kappa shape index (κ1) is 18.6. The summed E-state index contributed by atoms with van der Waals surface area (Å²) in [4.78, 5) is 40.5. The Morgan fingerprint density at radius 3 is 2.56 bits per heavy atom. The van der Waals surface area contributed by atoms with Crippen LogP contribution in [0.2, 0.25) is 0 Å². The van der Waals surface area contributed by atoms with Crippen LogP contribution in [0.4, 0.5) is 4.39 Å². The predicted octanol–water partition coefficient (Wildman–Crippen LogP) is 1.63. The van der Waals surface area contributed by atoms with Crippen LogP contribution in [0, 0.1) is 5.82 Å². The molecule has 7 nitrogen and oxygen atoms in total. The Morgan fingerprint density at radius 2 is 1.81 bits per heavy atom. The summed E-state index contributed by atoms with van der Waals surface area (Å²) in [5.41, 5.74) is 5.08. The molecule has 0 radical (unpaired) electrons. The lowest BCUT2D eigenvalue weighted by molar-refractivity contribution is -0.119. The van der Waals surface area contributed by atoms with E-state index in [1.54, 1.807) is 31.3 Å². The molecule has 3 rings (SSSR count). The van der Waals surface area contributed by atoms with E-state index in [1.807, 2.05) is 0 Å². The van der Waals surface area contributed by atoms with Crippen LogP contribution >= 0.6 is 11.8 Å². The van der Waals surface area contributed by atoms with Gasteiger partial charge in [-0.15, -0.1) is 0 Å². The molecule has 2 amide bonds. The van der Waals surface area contributed by atoms with E-state index in [4.69, 9.17) is 0 Å². The summed E-state index contributed by atoms with van der Waals surface area (Å²) in [7, 11) is 1.58. The molecule has 0 spiro atoms. The van der Waals surface area contributed by atoms with E-state index in [0.29, 0.717) is 16.1 Å². The predicted molar refractivity (Wildman–Crippen MR) is 99.7 cm³/mol. The lowest BCUT2D eigenvalue weighted by Crippen LogP contribution is -2.42. The number of hydrazine groups is 1. The highest BCUT2D eigenvalue weighted by molar-refractivity contribution is 7.99. The Labute approximate surface area is 157 Å². The van der Waals surface area contributed by atoms with Crippen molar-refractivity contribution in [2.45, 2.75) is 5.16 Å². The molecular weight excluding hydrogens is 371 g/mol. The minimum absolute atomic E-state index is 0.0533. The van der Waals surface area contributed by atoms with Gasteiger partial charge in [-0.1, -0.05) is 23.9 Å². The van der Waals surface area contributed by atoms with E-state index >= 15 is 0 Å². The van der Waals surface area contributed by atoms with Crippen LogP contribution in [0.25, 0.3) is 10.9 Å². The molecular formula is C18H15FN4O3S. The molecule has 27 heavy (non-hydrogen) atoms. The minimum atomic E-state index is -0.565. The number of aromatic nitrogens is 2. The summed E-state index contributed by atoms with van der Waals surface area (Å²) >= 11 is 1.07. The van der Waals surface area contributed by atoms with Crippen molar-refractivity contribution < 1.29 is 14.0 Å². The van der Waals surface area contributed by atoms with Gasteiger partial charge in [-0.25, -0.2) is 9.37 Å². The number of hydrogen-bond acceptors (Lipinski definition) is 5. The number of para-hydroxylation sites is 1. The number of carbonyl (C=O) groups excluding carboxylic acids is 2. The Kier molecular flexibility index (Phi) is 5.51. The number of nitrogens with one attached hydrogen (secondary N) is 2. The van der Waals surface area contributed by atoms with Crippen molar-refractivity contribution in [3.63, 3.8) is 0 Å². The first-order valence-corrected chi connectivity index (χ1v) is 8.87. The van der Waals surface area contributed by atoms with Crippen molar-refractivity contribution in [2.24, 2.45) is 7.05 Å². The maximum absolute atomic E-state index is 12.8. The van der Waals surface area contributed by atoms with Gasteiger partial charge in [0.15, 0.2) is 5.16 Å². The van der Waals surface area contributed by atoms with Gasteiger partial charge in [-0.3, -0.25) is 29.8 Å². The average molecular weight is 386 g/mol. The third-order valence-corrected chi connectivity index (χ3v) is 4.73. The second kappa shape index (κ2) is 8.00. The Balaban J connectivity index is 1.60. The van der Waals surface area contributed by atoms with Crippen molar-refractivity contribution in [2.75, 3.05) is 5.75 Å². The number of hydrogen-bond donors (Lipinski definition) is 2. The fourth-order valence-electron chi connectivity index (χ4n) is 2.29. The maximum Gasteiger partial charge on any atom is 0.269 e. The average Bonchev–Trinajstić information content (AvgIpc) is 2.68. The molecule has 1 aromatic heterocycles. The molecule has 0 aliphatic rings. The topological polar surface area (TPSA) is 93.1 Å². The zero-order valence-electron chi connectivity index (χ0n) is 14.2. The summed E-state index contributed by atoms with van der Waals surface area (Å²) in [6.07, 6.45) is 0. The Hall–Kier alpha value is -3.20. The number of thioether (sulfide) groups is 1. The van der Waals surface area contributed by atoms with Gasteiger partial charge in [0.1, 0.15) is 5.82 Å². The Bertz CT molecular complexity index is 1070. The van der Waals surface area contributed by atoms with Gasteiger partial charge in [0, 0.05) is 12.6 Å². The number of fused-ring (bicyclic) bond motifs is 1. The minimum Gasteiger partial charge on any atom is -0.290 e. The van der Waals surface area contributed by atoms with E-state index in [1.165, 1.54) is 16.7 Å². The summed E-state index contributed by atoms with van der Waals surface area (Å²) in [6, 6.07) is 11.9. The molecule has 0 saturated carbocycles. The quantitative estimate of drug-likeness (QED) is 0.404. The third kappa shape index (κ3) is 4.32. The van der Waals surface area contributed by atoms with Gasteiger partial charge in [0.25, 0.3) is 11.5 Å². The first-order chi connectivity index (χ1) is 13.0. The van der Waals surface area contributed by atoms with Gasteiger partial charge < -0.3 is 0 Å². The highest BCUT2D eigenvalue weighted by atomic mass is 32.2. The van der Waals surface area contributed by atoms with Crippen LogP contribution in [-0.2, 0) is 11.8 Å². The summed E-state index contributed by atoms with van der Waals surface area (Å²) in [5, 5.41) is 0.888. The fraction of sp³-hybridized carbons (Fsp3) is 0.111. The van der Waals surface area contributed by atoms with Gasteiger partial charge in [0.2, 0.25) is 5.91 Å². The normalized spacial score (nSPS) is 10.6. The second-order valence-corrected chi connectivity index (χ2v) is 6.52. The number of carbonyl (C=O) groups is 2. The number of rotatable bonds is 4. The molecule has 0 aliphatic carbocycles. The van der Waals surface area contributed by atoms with Crippen molar-refractivity contribution in [1.82, 2.24) is 20.4 Å². The fourth-order valence-corrected chi connectivity index (χ4v) is 3.06. The molecule has 2 aromatic carbocycles. The number of halogens is 1. The number of nitrogens with zero attached hydrogens (tertiary/aromatic N) is 2. The molecule has 3 aromatic rings. The van der Waals surface area contributed by atoms with Crippen LogP contribution in [0.5, 0.6) is 0 Å². The van der Waals surface area contributed by atoms with Crippen LogP contribution in [-0.4, -0.2) is 27.1 Å². The zero-order chi connectivity index (χ0) is 19.4. The summed E-state index contributed by atoms with van der Waals surface area (Å²) < 4.78 is 14.2. The van der Waals surface area contributed by atoms with E-state index in [2.05, 4.69) is 15.8 Å². The van der Waals surface area contributed by atoms with Gasteiger partial charge >= 0.3 is 0 Å². The third-order valence-electron chi connectivity index (χ3n) is 3.70. The molecule has 138 valence electrons. The molecule has 9 heteroatoms. The van der Waals surface area contributed by atoms with E-state index in [9.17, 15) is 18.8 Å². The standard InChI is InChI=1S/C18H15FN4O3S/c1-23-17(26)13-4-2-3-5-14(13)20-18(23)27-10-15(24)21-22-16(25)11-6-8-12(19)9-7-11/h2-9H,10H2,1H3,(H,21,24)(H,22,25). The zero-order valence-corrected chi connectivity index (χ0v) is 15.0. The van der Waals surface area contributed by atoms with Crippen molar-refractivity contribution in [1.29, 1.82) is 0 Å². The van der Waals surface area contributed by atoms with Crippen molar-refractivity contribution >= 4 is 34.5 Å². The highest BCUT2D eigenvalue weighted by Crippen LogP contribution is 2.16. The van der Waals surface area contributed by atoms with Crippen LogP contribution < -0.4 is 16.4 Å².